The Morgan fingerprint density at radius 3 is 2.70 bits per heavy atom. The summed E-state index contributed by atoms with van der Waals surface area (Å²) in [6, 6.07) is 4.59. The molecule has 30 heavy (non-hydrogen) atoms. The third-order valence-corrected chi connectivity index (χ3v) is 6.42. The van der Waals surface area contributed by atoms with Crippen LogP contribution in [0, 0.1) is 5.92 Å². The van der Waals surface area contributed by atoms with Gasteiger partial charge in [-0.05, 0) is 38.4 Å². The summed E-state index contributed by atoms with van der Waals surface area (Å²) in [5.74, 6) is 2.37. The number of hydrogen-bond donors (Lipinski definition) is 2. The number of aliphatic imine (C=N–C) groups is 1. The molecule has 3 rings (SSSR count). The second-order valence-electron chi connectivity index (χ2n) is 8.76. The molecule has 1 aromatic heterocycles. The first-order valence-corrected chi connectivity index (χ1v) is 11.7. The molecule has 2 unspecified atom stereocenters. The average Bonchev–Trinajstić information content (AvgIpc) is 3.18. The summed E-state index contributed by atoms with van der Waals surface area (Å²) in [6.07, 6.45) is 2.85. The Kier molecular flexibility index (Phi) is 8.60. The van der Waals surface area contributed by atoms with Gasteiger partial charge in [0.15, 0.2) is 5.96 Å². The summed E-state index contributed by atoms with van der Waals surface area (Å²) in [6.45, 7) is 14.8. The molecule has 7 nitrogen and oxygen atoms in total. The molecule has 0 amide bonds. The van der Waals surface area contributed by atoms with Crippen LogP contribution >= 0.6 is 11.6 Å². The van der Waals surface area contributed by atoms with E-state index in [2.05, 4.69) is 58.1 Å². The largest absolute Gasteiger partial charge is 0.357 e. The van der Waals surface area contributed by atoms with Crippen LogP contribution in [0.3, 0.4) is 0 Å². The first-order valence-electron chi connectivity index (χ1n) is 11.3. The standard InChI is InChI=1S/C22H38ClN7/c1-5-24-22(26-15-20(17(2)3)29-13-11-28(4)12-14-29)27-18-8-10-30(16-18)21-19(23)7-6-9-25-21/h6-7,9,17-18,20H,5,8,10-16H2,1-4H3,(H2,24,26,27). The van der Waals surface area contributed by atoms with E-state index in [0.29, 0.717) is 23.0 Å². The Morgan fingerprint density at radius 2 is 2.03 bits per heavy atom. The van der Waals surface area contributed by atoms with Gasteiger partial charge in [0.2, 0.25) is 0 Å². The number of nitrogens with one attached hydrogen (secondary N) is 2. The average molecular weight is 436 g/mol. The van der Waals surface area contributed by atoms with Gasteiger partial charge in [-0.3, -0.25) is 9.89 Å². The molecular formula is C22H38ClN7. The molecule has 0 bridgehead atoms. The molecule has 2 fully saturated rings. The van der Waals surface area contributed by atoms with Crippen LogP contribution in [0.25, 0.3) is 0 Å². The summed E-state index contributed by atoms with van der Waals surface area (Å²) in [4.78, 5) is 16.7. The van der Waals surface area contributed by atoms with Crippen molar-refractivity contribution in [3.63, 3.8) is 0 Å². The highest BCUT2D eigenvalue weighted by molar-refractivity contribution is 6.32. The lowest BCUT2D eigenvalue weighted by Gasteiger charge is -2.39. The van der Waals surface area contributed by atoms with Crippen molar-refractivity contribution in [3.05, 3.63) is 23.4 Å². The molecule has 2 atom stereocenters. The predicted octanol–water partition coefficient (Wildman–Crippen LogP) is 2.14. The van der Waals surface area contributed by atoms with Crippen molar-refractivity contribution in [1.82, 2.24) is 25.4 Å². The number of likely N-dealkylation sites (N-methyl/N-ethyl adjacent to an activating group) is 1. The number of rotatable bonds is 7. The molecule has 0 spiro atoms. The Bertz CT molecular complexity index is 688. The zero-order valence-corrected chi connectivity index (χ0v) is 19.7. The summed E-state index contributed by atoms with van der Waals surface area (Å²) in [5.41, 5.74) is 0. The molecular weight excluding hydrogens is 398 g/mol. The minimum atomic E-state index is 0.335. The Morgan fingerprint density at radius 1 is 1.27 bits per heavy atom. The highest BCUT2D eigenvalue weighted by Crippen LogP contribution is 2.25. The van der Waals surface area contributed by atoms with E-state index >= 15 is 0 Å². The Hall–Kier alpha value is -1.57. The van der Waals surface area contributed by atoms with E-state index in [4.69, 9.17) is 16.6 Å². The van der Waals surface area contributed by atoms with Gasteiger partial charge in [0.25, 0.3) is 0 Å². The number of pyridine rings is 1. The maximum absolute atomic E-state index is 6.34. The van der Waals surface area contributed by atoms with Crippen molar-refractivity contribution in [1.29, 1.82) is 0 Å². The van der Waals surface area contributed by atoms with Gasteiger partial charge in [0.1, 0.15) is 5.82 Å². The van der Waals surface area contributed by atoms with Gasteiger partial charge in [-0.2, -0.15) is 0 Å². The smallest absolute Gasteiger partial charge is 0.191 e. The lowest BCUT2D eigenvalue weighted by atomic mass is 10.0. The van der Waals surface area contributed by atoms with E-state index in [-0.39, 0.29) is 0 Å². The van der Waals surface area contributed by atoms with Crippen LogP contribution in [0.1, 0.15) is 27.2 Å². The zero-order valence-electron chi connectivity index (χ0n) is 18.9. The van der Waals surface area contributed by atoms with Crippen molar-refractivity contribution in [2.75, 3.05) is 64.3 Å². The third kappa shape index (κ3) is 6.22. The quantitative estimate of drug-likeness (QED) is 0.505. The minimum Gasteiger partial charge on any atom is -0.357 e. The predicted molar refractivity (Wildman–Crippen MR) is 127 cm³/mol. The Balaban J connectivity index is 1.59. The van der Waals surface area contributed by atoms with Crippen molar-refractivity contribution >= 4 is 23.4 Å². The van der Waals surface area contributed by atoms with Crippen LogP contribution < -0.4 is 15.5 Å². The van der Waals surface area contributed by atoms with Crippen LogP contribution in [0.4, 0.5) is 5.82 Å². The van der Waals surface area contributed by atoms with Crippen molar-refractivity contribution < 1.29 is 0 Å². The number of aromatic nitrogens is 1. The molecule has 8 heteroatoms. The van der Waals surface area contributed by atoms with Gasteiger partial charge >= 0.3 is 0 Å². The summed E-state index contributed by atoms with van der Waals surface area (Å²) in [7, 11) is 2.20. The van der Waals surface area contributed by atoms with E-state index in [1.54, 1.807) is 6.20 Å². The van der Waals surface area contributed by atoms with Crippen LogP contribution in [0.5, 0.6) is 0 Å². The molecule has 2 N–H and O–H groups in total. The van der Waals surface area contributed by atoms with Gasteiger partial charge in [0, 0.05) is 64.1 Å². The highest BCUT2D eigenvalue weighted by Gasteiger charge is 2.27. The van der Waals surface area contributed by atoms with Gasteiger partial charge in [0.05, 0.1) is 11.6 Å². The normalized spacial score (nSPS) is 22.5. The first-order chi connectivity index (χ1) is 14.5. The molecule has 2 aliphatic heterocycles. The number of nitrogens with zero attached hydrogens (tertiary/aromatic N) is 5. The van der Waals surface area contributed by atoms with Crippen molar-refractivity contribution in [2.45, 2.75) is 39.3 Å². The number of anilines is 1. The molecule has 0 saturated carbocycles. The lowest BCUT2D eigenvalue weighted by molar-refractivity contribution is 0.0925. The maximum atomic E-state index is 6.34. The number of guanidine groups is 1. The van der Waals surface area contributed by atoms with Gasteiger partial charge < -0.3 is 20.4 Å². The van der Waals surface area contributed by atoms with Crippen LogP contribution in [0.15, 0.2) is 23.3 Å². The number of halogens is 1. The van der Waals surface area contributed by atoms with Gasteiger partial charge in [-0.15, -0.1) is 0 Å². The molecule has 0 aliphatic carbocycles. The molecule has 0 aromatic carbocycles. The lowest BCUT2D eigenvalue weighted by Crippen LogP contribution is -2.52. The number of piperazine rings is 1. The fourth-order valence-corrected chi connectivity index (χ4v) is 4.52. The molecule has 3 heterocycles. The van der Waals surface area contributed by atoms with E-state index in [1.165, 1.54) is 0 Å². The summed E-state index contributed by atoms with van der Waals surface area (Å²) < 4.78 is 0. The summed E-state index contributed by atoms with van der Waals surface area (Å²) in [5, 5.41) is 7.79. The van der Waals surface area contributed by atoms with Gasteiger partial charge in [-0.25, -0.2) is 4.98 Å². The first kappa shape index (κ1) is 23.1. The topological polar surface area (TPSA) is 59.0 Å². The van der Waals surface area contributed by atoms with Crippen LogP contribution in [-0.2, 0) is 0 Å². The van der Waals surface area contributed by atoms with Crippen LogP contribution in [-0.4, -0.2) is 92.2 Å². The molecule has 1 aromatic rings. The van der Waals surface area contributed by atoms with E-state index in [9.17, 15) is 0 Å². The van der Waals surface area contributed by atoms with E-state index in [1.807, 2.05) is 12.1 Å². The maximum Gasteiger partial charge on any atom is 0.191 e. The molecule has 2 saturated heterocycles. The molecule has 2 aliphatic rings. The second-order valence-corrected chi connectivity index (χ2v) is 9.16. The SMILES string of the molecule is CCNC(=NCC(C(C)C)N1CCN(C)CC1)NC1CCN(c2ncccc2Cl)C1. The molecule has 0 radical (unpaired) electrons. The monoisotopic (exact) mass is 435 g/mol. The third-order valence-electron chi connectivity index (χ3n) is 6.12. The summed E-state index contributed by atoms with van der Waals surface area (Å²) >= 11 is 6.34. The van der Waals surface area contributed by atoms with E-state index < -0.39 is 0 Å². The fourth-order valence-electron chi connectivity index (χ4n) is 4.28. The Labute approximate surface area is 186 Å². The molecule has 168 valence electrons. The second kappa shape index (κ2) is 11.2. The van der Waals surface area contributed by atoms with Crippen molar-refractivity contribution in [3.8, 4) is 0 Å². The fraction of sp³-hybridized carbons (Fsp3) is 0.727. The van der Waals surface area contributed by atoms with Crippen molar-refractivity contribution in [2.24, 2.45) is 10.9 Å². The zero-order chi connectivity index (χ0) is 21.5. The van der Waals surface area contributed by atoms with E-state index in [0.717, 1.165) is 70.6 Å². The highest BCUT2D eigenvalue weighted by atomic mass is 35.5. The number of hydrogen-bond acceptors (Lipinski definition) is 5. The van der Waals surface area contributed by atoms with Gasteiger partial charge in [-0.1, -0.05) is 25.4 Å². The van der Waals surface area contributed by atoms with Crippen LogP contribution in [0.2, 0.25) is 5.02 Å². The minimum absolute atomic E-state index is 0.335.